The summed E-state index contributed by atoms with van der Waals surface area (Å²) in [5, 5.41) is 6.76. The van der Waals surface area contributed by atoms with Gasteiger partial charge in [0.1, 0.15) is 0 Å². The van der Waals surface area contributed by atoms with Gasteiger partial charge in [0.15, 0.2) is 0 Å². The van der Waals surface area contributed by atoms with Gasteiger partial charge in [-0.15, -0.1) is 0 Å². The van der Waals surface area contributed by atoms with Crippen molar-refractivity contribution < 1.29 is 25.8 Å². The Morgan fingerprint density at radius 1 is 0.694 bits per heavy atom. The van der Waals surface area contributed by atoms with Crippen LogP contribution in [-0.2, 0) is 46.5 Å². The van der Waals surface area contributed by atoms with Crippen molar-refractivity contribution in [3.05, 3.63) is 53.9 Å². The van der Waals surface area contributed by atoms with Crippen molar-refractivity contribution in [1.82, 2.24) is 0 Å². The standard InChI is InChI=1S/C16H36N.C12H10S3.CNO.Ni/c1-5-9-13-17(14-10-6-2,15-11-7-3)16-12-8-4;13-9-5-1-3-7-11(9)15-12-8-4-2-6-10(12)14;2-1-3;/h5-16H2,1-4H3;1-8,13-14H;;/q+1;;-1;+2/p-2. The van der Waals surface area contributed by atoms with E-state index in [2.05, 4.69) is 27.7 Å². The minimum Gasteiger partial charge on any atom is -0.779 e. The van der Waals surface area contributed by atoms with Gasteiger partial charge in [-0.1, -0.05) is 102 Å². The SMILES string of the molecule is CCCC[N+](CCCC)(CCCC)CCCC.[N-]=C=O.[Ni+2].[S-]c1ccccc1Sc1ccccc1[S-]. The second kappa shape index (κ2) is 24.4. The maximum Gasteiger partial charge on any atom is 2.00 e. The number of hydrogen-bond donors (Lipinski definition) is 0. The summed E-state index contributed by atoms with van der Waals surface area (Å²) in [4.78, 5) is 12.2. The molecule has 0 aliphatic carbocycles. The van der Waals surface area contributed by atoms with Crippen molar-refractivity contribution in [2.75, 3.05) is 26.2 Å². The maximum absolute atomic E-state index is 8.24. The van der Waals surface area contributed by atoms with E-state index >= 15 is 0 Å². The minimum atomic E-state index is 0. The molecule has 0 amide bonds. The molecule has 0 saturated carbocycles. The molecule has 0 bridgehead atoms. The number of rotatable bonds is 14. The maximum atomic E-state index is 8.24. The monoisotopic (exact) mass is 590 g/mol. The van der Waals surface area contributed by atoms with Crippen molar-refractivity contribution in [3.63, 3.8) is 0 Å². The van der Waals surface area contributed by atoms with Crippen molar-refractivity contribution in [3.8, 4) is 0 Å². The van der Waals surface area contributed by atoms with Crippen molar-refractivity contribution in [1.29, 1.82) is 0 Å². The Morgan fingerprint density at radius 3 is 1.22 bits per heavy atom. The average molecular weight is 592 g/mol. The Hall–Kier alpha value is -0.936. The van der Waals surface area contributed by atoms with Gasteiger partial charge in [-0.3, -0.25) is 4.79 Å². The first-order chi connectivity index (χ1) is 16.9. The Morgan fingerprint density at radius 2 is 0.972 bits per heavy atom. The summed E-state index contributed by atoms with van der Waals surface area (Å²) in [6, 6.07) is 15.8. The van der Waals surface area contributed by atoms with E-state index in [0.717, 1.165) is 19.6 Å². The fourth-order valence-corrected chi connectivity index (χ4v) is 5.24. The molecule has 204 valence electrons. The van der Waals surface area contributed by atoms with E-state index in [4.69, 9.17) is 35.5 Å². The molecule has 0 aliphatic rings. The summed E-state index contributed by atoms with van der Waals surface area (Å²) in [6.07, 6.45) is 11.6. The van der Waals surface area contributed by atoms with E-state index in [-0.39, 0.29) is 16.5 Å². The first kappa shape index (κ1) is 37.2. The molecular weight excluding hydrogens is 547 g/mol. The van der Waals surface area contributed by atoms with Crippen molar-refractivity contribution in [2.24, 2.45) is 0 Å². The van der Waals surface area contributed by atoms with Crippen LogP contribution in [0, 0.1) is 0 Å². The fourth-order valence-electron chi connectivity index (χ4n) is 3.83. The minimum absolute atomic E-state index is 0. The van der Waals surface area contributed by atoms with Gasteiger partial charge < -0.3 is 35.1 Å². The van der Waals surface area contributed by atoms with E-state index in [1.807, 2.05) is 48.5 Å². The van der Waals surface area contributed by atoms with Crippen LogP contribution in [0.1, 0.15) is 79.1 Å². The predicted octanol–water partition coefficient (Wildman–Crippen LogP) is 8.54. The quantitative estimate of drug-likeness (QED) is 0.0726. The van der Waals surface area contributed by atoms with Crippen LogP contribution < -0.4 is 0 Å². The van der Waals surface area contributed by atoms with Crippen LogP contribution in [0.25, 0.3) is 5.41 Å². The van der Waals surface area contributed by atoms with Gasteiger partial charge in [0.05, 0.1) is 26.2 Å². The molecule has 0 aromatic heterocycles. The zero-order valence-corrected chi connectivity index (χ0v) is 25.9. The molecule has 0 radical (unpaired) electrons. The Labute approximate surface area is 246 Å². The third-order valence-electron chi connectivity index (χ3n) is 5.86. The summed E-state index contributed by atoms with van der Waals surface area (Å²) >= 11 is 12.1. The Balaban J connectivity index is 0. The molecule has 0 spiro atoms. The van der Waals surface area contributed by atoms with Gasteiger partial charge in [0.25, 0.3) is 0 Å². The second-order valence-electron chi connectivity index (χ2n) is 8.74. The summed E-state index contributed by atoms with van der Waals surface area (Å²) < 4.78 is 1.42. The van der Waals surface area contributed by atoms with Gasteiger partial charge in [0, 0.05) is 0 Å². The van der Waals surface area contributed by atoms with E-state index in [1.165, 1.54) is 82.0 Å². The fraction of sp³-hybridized carbons (Fsp3) is 0.552. The molecule has 0 fully saturated rings. The van der Waals surface area contributed by atoms with Gasteiger partial charge in [-0.25, -0.2) is 0 Å². The smallest absolute Gasteiger partial charge is 0.779 e. The van der Waals surface area contributed by atoms with Crippen LogP contribution in [0.3, 0.4) is 0 Å². The van der Waals surface area contributed by atoms with Gasteiger partial charge in [0.2, 0.25) is 0 Å². The summed E-state index contributed by atoms with van der Waals surface area (Å²) in [6.45, 7) is 15.0. The number of hydrogen-bond acceptors (Lipinski definition) is 4. The predicted molar refractivity (Wildman–Crippen MR) is 157 cm³/mol. The third-order valence-corrected chi connectivity index (χ3v) is 7.98. The number of unbranched alkanes of at least 4 members (excludes halogenated alkanes) is 4. The van der Waals surface area contributed by atoms with Crippen LogP contribution in [0.5, 0.6) is 0 Å². The van der Waals surface area contributed by atoms with E-state index in [1.54, 1.807) is 11.8 Å². The average Bonchev–Trinajstić information content (AvgIpc) is 2.87. The number of isocyanates is 1. The van der Waals surface area contributed by atoms with E-state index in [0.29, 0.717) is 6.08 Å². The molecule has 0 aliphatic heterocycles. The molecule has 2 aromatic carbocycles. The van der Waals surface area contributed by atoms with Crippen molar-refractivity contribution >= 4 is 43.1 Å². The molecule has 36 heavy (non-hydrogen) atoms. The van der Waals surface area contributed by atoms with Crippen LogP contribution in [-0.4, -0.2) is 36.7 Å². The third kappa shape index (κ3) is 16.7. The summed E-state index contributed by atoms with van der Waals surface area (Å²) in [5.41, 5.74) is 0. The van der Waals surface area contributed by atoms with Crippen LogP contribution in [0.15, 0.2) is 68.1 Å². The molecule has 7 heteroatoms. The first-order valence-corrected chi connectivity index (χ1v) is 14.6. The van der Waals surface area contributed by atoms with Crippen molar-refractivity contribution in [2.45, 2.75) is 98.6 Å². The van der Waals surface area contributed by atoms with Gasteiger partial charge >= 0.3 is 16.5 Å². The zero-order chi connectivity index (χ0) is 26.4. The largest absolute Gasteiger partial charge is 2.00 e. The molecule has 0 atom stereocenters. The number of quaternary nitrogens is 1. The van der Waals surface area contributed by atoms with Crippen LogP contribution in [0.4, 0.5) is 0 Å². The molecule has 2 aromatic rings. The molecule has 0 heterocycles. The van der Waals surface area contributed by atoms with E-state index in [9.17, 15) is 0 Å². The van der Waals surface area contributed by atoms with E-state index < -0.39 is 0 Å². The van der Waals surface area contributed by atoms with Crippen LogP contribution in [0.2, 0.25) is 0 Å². The number of carbonyl (C=O) groups excluding carboxylic acids is 1. The first-order valence-electron chi connectivity index (χ1n) is 13.0. The Bertz CT molecular complexity index is 749. The Kier molecular flexibility index (Phi) is 25.2. The molecular formula is C29H44N2NiOS3. The van der Waals surface area contributed by atoms with Gasteiger partial charge in [-0.05, 0) is 53.7 Å². The number of benzene rings is 2. The molecule has 3 nitrogen and oxygen atoms in total. The summed E-state index contributed by atoms with van der Waals surface area (Å²) in [5.74, 6) is 0. The molecule has 0 saturated heterocycles. The topological polar surface area (TPSA) is 39.4 Å². The molecule has 0 N–H and O–H groups in total. The zero-order valence-electron chi connectivity index (χ0n) is 22.4. The second-order valence-corrected chi connectivity index (χ2v) is 10.7. The van der Waals surface area contributed by atoms with Gasteiger partial charge in [-0.2, -0.15) is 9.79 Å². The molecule has 0 unspecified atom stereocenters. The molecule has 2 rings (SSSR count). The van der Waals surface area contributed by atoms with Crippen LogP contribution >= 0.6 is 11.8 Å². The summed E-state index contributed by atoms with van der Waals surface area (Å²) in [7, 11) is 0. The normalized spacial score (nSPS) is 10.1. The number of nitrogens with zero attached hydrogens (tertiary/aromatic N) is 2.